The molecule has 0 fully saturated rings. The van der Waals surface area contributed by atoms with Crippen molar-refractivity contribution < 1.29 is 9.53 Å². The lowest BCUT2D eigenvalue weighted by Gasteiger charge is -2.25. The van der Waals surface area contributed by atoms with E-state index < -0.39 is 0 Å². The Kier molecular flexibility index (Phi) is 7.24. The second-order valence-corrected chi connectivity index (χ2v) is 4.14. The van der Waals surface area contributed by atoms with E-state index in [0.29, 0.717) is 17.7 Å². The normalized spacial score (nSPS) is 15.4. The van der Waals surface area contributed by atoms with Crippen LogP contribution in [0.25, 0.3) is 0 Å². The molecule has 1 atom stereocenters. The molecule has 1 unspecified atom stereocenters. The van der Waals surface area contributed by atoms with Crippen molar-refractivity contribution in [2.24, 2.45) is 0 Å². The molecule has 0 amide bonds. The topological polar surface area (TPSA) is 26.3 Å². The van der Waals surface area contributed by atoms with Crippen LogP contribution < -0.4 is 4.74 Å². The SMILES string of the molecule is CC.CC.O=C1CC(c2ccccc2)Oc2ccccc21. The predicted octanol–water partition coefficient (Wildman–Crippen LogP) is 5.45. The average molecular weight is 284 g/mol. The van der Waals surface area contributed by atoms with Gasteiger partial charge < -0.3 is 4.74 Å². The van der Waals surface area contributed by atoms with Crippen LogP contribution in [0.5, 0.6) is 5.75 Å². The second kappa shape index (κ2) is 8.96. The van der Waals surface area contributed by atoms with Crippen LogP contribution >= 0.6 is 0 Å². The zero-order chi connectivity index (χ0) is 15.7. The number of rotatable bonds is 1. The Morgan fingerprint density at radius 1 is 0.857 bits per heavy atom. The van der Waals surface area contributed by atoms with Gasteiger partial charge in [0, 0.05) is 0 Å². The minimum Gasteiger partial charge on any atom is -0.484 e. The number of carbonyl (C=O) groups is 1. The first-order chi connectivity index (χ1) is 10.3. The molecule has 21 heavy (non-hydrogen) atoms. The van der Waals surface area contributed by atoms with Crippen molar-refractivity contribution >= 4 is 5.78 Å². The van der Waals surface area contributed by atoms with Gasteiger partial charge >= 0.3 is 0 Å². The van der Waals surface area contributed by atoms with E-state index in [1.54, 1.807) is 0 Å². The molecule has 0 aromatic heterocycles. The molecule has 0 saturated carbocycles. The molecule has 0 radical (unpaired) electrons. The van der Waals surface area contributed by atoms with Crippen LogP contribution in [-0.4, -0.2) is 5.78 Å². The van der Waals surface area contributed by atoms with E-state index in [2.05, 4.69) is 0 Å². The number of Topliss-reactive ketones (excluding diaryl/α,β-unsaturated/α-hetero) is 1. The van der Waals surface area contributed by atoms with Crippen molar-refractivity contribution in [1.82, 2.24) is 0 Å². The van der Waals surface area contributed by atoms with Crippen molar-refractivity contribution in [3.8, 4) is 5.75 Å². The number of para-hydroxylation sites is 1. The van der Waals surface area contributed by atoms with E-state index in [-0.39, 0.29) is 11.9 Å². The van der Waals surface area contributed by atoms with Crippen LogP contribution in [0.1, 0.15) is 56.1 Å². The summed E-state index contributed by atoms with van der Waals surface area (Å²) in [5.41, 5.74) is 1.75. The van der Waals surface area contributed by atoms with E-state index in [1.807, 2.05) is 82.3 Å². The fourth-order valence-corrected chi connectivity index (χ4v) is 2.13. The van der Waals surface area contributed by atoms with Crippen molar-refractivity contribution in [3.63, 3.8) is 0 Å². The number of ketones is 1. The van der Waals surface area contributed by atoms with Gasteiger partial charge in [-0.15, -0.1) is 0 Å². The van der Waals surface area contributed by atoms with Crippen LogP contribution in [0.3, 0.4) is 0 Å². The number of ether oxygens (including phenoxy) is 1. The van der Waals surface area contributed by atoms with Crippen LogP contribution in [0.15, 0.2) is 54.6 Å². The molecule has 2 aromatic carbocycles. The summed E-state index contributed by atoms with van der Waals surface area (Å²) in [5.74, 6) is 0.846. The van der Waals surface area contributed by atoms with Gasteiger partial charge in [0.25, 0.3) is 0 Å². The zero-order valence-electron chi connectivity index (χ0n) is 13.3. The van der Waals surface area contributed by atoms with Gasteiger partial charge in [0.15, 0.2) is 5.78 Å². The lowest BCUT2D eigenvalue weighted by atomic mass is 9.96. The van der Waals surface area contributed by atoms with Crippen molar-refractivity contribution in [2.75, 3.05) is 0 Å². The van der Waals surface area contributed by atoms with Gasteiger partial charge in [-0.25, -0.2) is 0 Å². The van der Waals surface area contributed by atoms with Gasteiger partial charge in [-0.2, -0.15) is 0 Å². The van der Waals surface area contributed by atoms with Crippen molar-refractivity contribution in [1.29, 1.82) is 0 Å². The van der Waals surface area contributed by atoms with E-state index in [4.69, 9.17) is 4.74 Å². The Morgan fingerprint density at radius 2 is 1.43 bits per heavy atom. The Balaban J connectivity index is 0.000000510. The average Bonchev–Trinajstić information content (AvgIpc) is 2.59. The predicted molar refractivity (Wildman–Crippen MR) is 87.9 cm³/mol. The summed E-state index contributed by atoms with van der Waals surface area (Å²) in [6.45, 7) is 8.00. The maximum Gasteiger partial charge on any atom is 0.170 e. The number of carbonyl (C=O) groups excluding carboxylic acids is 1. The fraction of sp³-hybridized carbons (Fsp3) is 0.316. The molecule has 0 bridgehead atoms. The minimum atomic E-state index is -0.154. The highest BCUT2D eigenvalue weighted by Crippen LogP contribution is 2.34. The monoisotopic (exact) mass is 284 g/mol. The molecule has 112 valence electrons. The molecule has 1 aliphatic rings. The summed E-state index contributed by atoms with van der Waals surface area (Å²) in [6.07, 6.45) is 0.264. The number of hydrogen-bond donors (Lipinski definition) is 0. The van der Waals surface area contributed by atoms with Gasteiger partial charge in [0.2, 0.25) is 0 Å². The molecule has 2 heteroatoms. The highest BCUT2D eigenvalue weighted by molar-refractivity contribution is 5.99. The summed E-state index contributed by atoms with van der Waals surface area (Å²) >= 11 is 0. The molecule has 1 aliphatic heterocycles. The Bertz CT molecular complexity index is 547. The summed E-state index contributed by atoms with van der Waals surface area (Å²) < 4.78 is 5.87. The van der Waals surface area contributed by atoms with Crippen LogP contribution in [0.4, 0.5) is 0 Å². The van der Waals surface area contributed by atoms with Gasteiger partial charge in [0.1, 0.15) is 11.9 Å². The third kappa shape index (κ3) is 4.19. The smallest absolute Gasteiger partial charge is 0.170 e. The van der Waals surface area contributed by atoms with Crippen molar-refractivity contribution in [2.45, 2.75) is 40.2 Å². The largest absolute Gasteiger partial charge is 0.484 e. The van der Waals surface area contributed by atoms with Crippen LogP contribution in [-0.2, 0) is 0 Å². The highest BCUT2D eigenvalue weighted by Gasteiger charge is 2.26. The molecule has 1 heterocycles. The number of benzene rings is 2. The van der Waals surface area contributed by atoms with Gasteiger partial charge in [-0.05, 0) is 17.7 Å². The third-order valence-corrected chi connectivity index (χ3v) is 3.00. The molecule has 2 nitrogen and oxygen atoms in total. The van der Waals surface area contributed by atoms with Crippen LogP contribution in [0.2, 0.25) is 0 Å². The minimum absolute atomic E-state index is 0.153. The summed E-state index contributed by atoms with van der Waals surface area (Å²) in [5, 5.41) is 0. The van der Waals surface area contributed by atoms with Gasteiger partial charge in [0.05, 0.1) is 12.0 Å². The van der Waals surface area contributed by atoms with E-state index in [0.717, 1.165) is 5.56 Å². The van der Waals surface area contributed by atoms with E-state index >= 15 is 0 Å². The molecule has 0 aliphatic carbocycles. The molecular formula is C19H24O2. The maximum atomic E-state index is 12.0. The molecule has 0 spiro atoms. The Hall–Kier alpha value is -2.09. The zero-order valence-corrected chi connectivity index (χ0v) is 13.3. The summed E-state index contributed by atoms with van der Waals surface area (Å²) in [4.78, 5) is 12.0. The number of hydrogen-bond acceptors (Lipinski definition) is 2. The Morgan fingerprint density at radius 3 is 2.10 bits per heavy atom. The Labute approximate surface area is 127 Å². The first-order valence-electron chi connectivity index (χ1n) is 7.68. The first-order valence-corrected chi connectivity index (χ1v) is 7.68. The van der Waals surface area contributed by atoms with Crippen molar-refractivity contribution in [3.05, 3.63) is 65.7 Å². The lowest BCUT2D eigenvalue weighted by molar-refractivity contribution is 0.0850. The first kappa shape index (κ1) is 17.0. The molecule has 2 aromatic rings. The second-order valence-electron chi connectivity index (χ2n) is 4.14. The molecule has 3 rings (SSSR count). The summed E-state index contributed by atoms with van der Waals surface area (Å²) in [6, 6.07) is 17.3. The van der Waals surface area contributed by atoms with E-state index in [1.165, 1.54) is 0 Å². The lowest BCUT2D eigenvalue weighted by Crippen LogP contribution is -2.20. The van der Waals surface area contributed by atoms with Gasteiger partial charge in [-0.1, -0.05) is 70.2 Å². The molecular weight excluding hydrogens is 260 g/mol. The van der Waals surface area contributed by atoms with Crippen LogP contribution in [0, 0.1) is 0 Å². The third-order valence-electron chi connectivity index (χ3n) is 3.00. The fourth-order valence-electron chi connectivity index (χ4n) is 2.13. The molecule has 0 saturated heterocycles. The maximum absolute atomic E-state index is 12.0. The molecule has 0 N–H and O–H groups in total. The highest BCUT2D eigenvalue weighted by atomic mass is 16.5. The standard InChI is InChI=1S/C15H12O2.2C2H6/c16-13-10-15(11-6-2-1-3-7-11)17-14-9-5-4-8-12(13)14;2*1-2/h1-9,15H,10H2;2*1-2H3. The van der Waals surface area contributed by atoms with E-state index in [9.17, 15) is 4.79 Å². The number of fused-ring (bicyclic) bond motifs is 1. The summed E-state index contributed by atoms with van der Waals surface area (Å²) in [7, 11) is 0. The van der Waals surface area contributed by atoms with Gasteiger partial charge in [-0.3, -0.25) is 4.79 Å². The quantitative estimate of drug-likeness (QED) is 0.696.